The highest BCUT2D eigenvalue weighted by Gasteiger charge is 2.12. The van der Waals surface area contributed by atoms with Crippen LogP contribution < -0.4 is 5.73 Å². The second kappa shape index (κ2) is 4.88. The lowest BCUT2D eigenvalue weighted by Crippen LogP contribution is -2.09. The van der Waals surface area contributed by atoms with Crippen molar-refractivity contribution in [2.24, 2.45) is 5.73 Å². The molecule has 0 aliphatic heterocycles. The summed E-state index contributed by atoms with van der Waals surface area (Å²) < 4.78 is 2.32. The van der Waals surface area contributed by atoms with Crippen molar-refractivity contribution in [3.05, 3.63) is 29.6 Å². The number of fused-ring (bicyclic) bond motifs is 1. The van der Waals surface area contributed by atoms with E-state index in [9.17, 15) is 0 Å². The molecule has 0 saturated carbocycles. The zero-order valence-corrected chi connectivity index (χ0v) is 10.9. The van der Waals surface area contributed by atoms with E-state index < -0.39 is 0 Å². The third kappa shape index (κ3) is 2.34. The molecule has 0 bridgehead atoms. The van der Waals surface area contributed by atoms with Gasteiger partial charge in [-0.1, -0.05) is 6.07 Å². The lowest BCUT2D eigenvalue weighted by atomic mass is 10.2. The number of nitrogens with zero attached hydrogens (tertiary/aromatic N) is 2. The summed E-state index contributed by atoms with van der Waals surface area (Å²) in [5.74, 6) is 1.16. The van der Waals surface area contributed by atoms with Crippen LogP contribution in [0.3, 0.4) is 0 Å². The Balaban J connectivity index is 2.53. The topological polar surface area (TPSA) is 43.8 Å². The van der Waals surface area contributed by atoms with Crippen molar-refractivity contribution in [2.45, 2.75) is 39.7 Å². The summed E-state index contributed by atoms with van der Waals surface area (Å²) >= 11 is 0. The molecule has 2 N–H and O–H groups in total. The maximum absolute atomic E-state index is 5.58. The number of rotatable bonds is 4. The van der Waals surface area contributed by atoms with Crippen LogP contribution >= 0.6 is 0 Å². The highest BCUT2D eigenvalue weighted by atomic mass is 15.1. The number of aryl methyl sites for hydroxylation is 2. The summed E-state index contributed by atoms with van der Waals surface area (Å²) in [6.07, 6.45) is 1.96. The molecular weight excluding hydrogens is 210 g/mol. The predicted molar refractivity (Wildman–Crippen MR) is 72.2 cm³/mol. The molecule has 1 aromatic heterocycles. The van der Waals surface area contributed by atoms with Crippen LogP contribution in [0.4, 0.5) is 0 Å². The SMILES string of the molecule is Cc1ccc2c(c1)nc(CCCN)n2C(C)C. The fourth-order valence-corrected chi connectivity index (χ4v) is 2.27. The summed E-state index contributed by atoms with van der Waals surface area (Å²) in [5.41, 5.74) is 9.18. The van der Waals surface area contributed by atoms with Crippen molar-refractivity contribution in [3.63, 3.8) is 0 Å². The second-order valence-corrected chi connectivity index (χ2v) is 4.88. The molecule has 0 amide bonds. The Morgan fingerprint density at radius 2 is 2.12 bits per heavy atom. The normalized spacial score (nSPS) is 11.6. The van der Waals surface area contributed by atoms with Gasteiger partial charge in [-0.25, -0.2) is 4.98 Å². The summed E-state index contributed by atoms with van der Waals surface area (Å²) in [7, 11) is 0. The van der Waals surface area contributed by atoms with Crippen molar-refractivity contribution in [2.75, 3.05) is 6.54 Å². The molecule has 0 radical (unpaired) electrons. The molecule has 0 fully saturated rings. The van der Waals surface area contributed by atoms with Crippen LogP contribution in [-0.2, 0) is 6.42 Å². The van der Waals surface area contributed by atoms with E-state index in [-0.39, 0.29) is 0 Å². The van der Waals surface area contributed by atoms with Gasteiger partial charge in [0.15, 0.2) is 0 Å². The van der Waals surface area contributed by atoms with E-state index in [0.29, 0.717) is 6.04 Å². The second-order valence-electron chi connectivity index (χ2n) is 4.88. The Morgan fingerprint density at radius 3 is 2.76 bits per heavy atom. The first-order valence-corrected chi connectivity index (χ1v) is 6.31. The van der Waals surface area contributed by atoms with E-state index in [0.717, 1.165) is 30.7 Å². The Labute approximate surface area is 103 Å². The summed E-state index contributed by atoms with van der Waals surface area (Å²) in [5, 5.41) is 0. The molecule has 1 heterocycles. The van der Waals surface area contributed by atoms with Gasteiger partial charge < -0.3 is 10.3 Å². The maximum Gasteiger partial charge on any atom is 0.110 e. The molecule has 2 rings (SSSR count). The van der Waals surface area contributed by atoms with Crippen LogP contribution in [0.25, 0.3) is 11.0 Å². The van der Waals surface area contributed by atoms with Crippen LogP contribution in [0.15, 0.2) is 18.2 Å². The number of hydrogen-bond donors (Lipinski definition) is 1. The minimum absolute atomic E-state index is 0.440. The summed E-state index contributed by atoms with van der Waals surface area (Å²) in [4.78, 5) is 4.74. The molecular formula is C14H21N3. The van der Waals surface area contributed by atoms with Crippen molar-refractivity contribution < 1.29 is 0 Å². The largest absolute Gasteiger partial charge is 0.330 e. The highest BCUT2D eigenvalue weighted by Crippen LogP contribution is 2.22. The van der Waals surface area contributed by atoms with Gasteiger partial charge in [-0.15, -0.1) is 0 Å². The summed E-state index contributed by atoms with van der Waals surface area (Å²) in [6.45, 7) is 7.23. The first kappa shape index (κ1) is 12.1. The van der Waals surface area contributed by atoms with Crippen LogP contribution in [0.5, 0.6) is 0 Å². The predicted octanol–water partition coefficient (Wildman–Crippen LogP) is 2.82. The molecule has 0 unspecified atom stereocenters. The van der Waals surface area contributed by atoms with E-state index in [4.69, 9.17) is 10.7 Å². The van der Waals surface area contributed by atoms with Crippen molar-refractivity contribution in [3.8, 4) is 0 Å². The van der Waals surface area contributed by atoms with E-state index in [1.807, 2.05) is 0 Å². The van der Waals surface area contributed by atoms with Crippen molar-refractivity contribution in [1.29, 1.82) is 0 Å². The third-order valence-electron chi connectivity index (χ3n) is 3.04. The van der Waals surface area contributed by atoms with Crippen molar-refractivity contribution >= 4 is 11.0 Å². The molecule has 92 valence electrons. The zero-order chi connectivity index (χ0) is 12.4. The first-order chi connectivity index (χ1) is 8.13. The average Bonchev–Trinajstić information content (AvgIpc) is 2.63. The molecule has 0 spiro atoms. The molecule has 1 aromatic carbocycles. The zero-order valence-electron chi connectivity index (χ0n) is 10.9. The molecule has 3 heteroatoms. The monoisotopic (exact) mass is 231 g/mol. The van der Waals surface area contributed by atoms with Gasteiger partial charge in [0.2, 0.25) is 0 Å². The number of nitrogens with two attached hydrogens (primary N) is 1. The molecule has 0 saturated heterocycles. The van der Waals surface area contributed by atoms with Gasteiger partial charge in [-0.2, -0.15) is 0 Å². The van der Waals surface area contributed by atoms with Gasteiger partial charge in [-0.3, -0.25) is 0 Å². The van der Waals surface area contributed by atoms with Crippen LogP contribution in [0, 0.1) is 6.92 Å². The number of imidazole rings is 1. The maximum atomic E-state index is 5.58. The van der Waals surface area contributed by atoms with Crippen LogP contribution in [0.2, 0.25) is 0 Å². The van der Waals surface area contributed by atoms with Crippen LogP contribution in [0.1, 0.15) is 37.7 Å². The standard InChI is InChI=1S/C14H21N3/c1-10(2)17-13-7-6-11(3)9-12(13)16-14(17)5-4-8-15/h6-7,9-10H,4-5,8,15H2,1-3H3. The first-order valence-electron chi connectivity index (χ1n) is 6.31. The van der Waals surface area contributed by atoms with E-state index in [2.05, 4.69) is 43.5 Å². The van der Waals surface area contributed by atoms with Gasteiger partial charge in [-0.05, 0) is 51.4 Å². The van der Waals surface area contributed by atoms with Gasteiger partial charge in [0.25, 0.3) is 0 Å². The lowest BCUT2D eigenvalue weighted by molar-refractivity contribution is 0.577. The molecule has 0 aliphatic carbocycles. The number of aromatic nitrogens is 2. The van der Waals surface area contributed by atoms with E-state index >= 15 is 0 Å². The Kier molecular flexibility index (Phi) is 3.48. The highest BCUT2D eigenvalue weighted by molar-refractivity contribution is 5.77. The Bertz CT molecular complexity index is 511. The number of hydrogen-bond acceptors (Lipinski definition) is 2. The van der Waals surface area contributed by atoms with Crippen LogP contribution in [-0.4, -0.2) is 16.1 Å². The average molecular weight is 231 g/mol. The third-order valence-corrected chi connectivity index (χ3v) is 3.04. The summed E-state index contributed by atoms with van der Waals surface area (Å²) in [6, 6.07) is 6.91. The van der Waals surface area contributed by atoms with Gasteiger partial charge in [0.1, 0.15) is 5.82 Å². The minimum Gasteiger partial charge on any atom is -0.330 e. The lowest BCUT2D eigenvalue weighted by Gasteiger charge is -2.12. The minimum atomic E-state index is 0.440. The molecule has 2 aromatic rings. The van der Waals surface area contributed by atoms with Gasteiger partial charge in [0, 0.05) is 12.5 Å². The fraction of sp³-hybridized carbons (Fsp3) is 0.500. The molecule has 17 heavy (non-hydrogen) atoms. The van der Waals surface area contributed by atoms with Crippen molar-refractivity contribution in [1.82, 2.24) is 9.55 Å². The Hall–Kier alpha value is -1.35. The van der Waals surface area contributed by atoms with Gasteiger partial charge in [0.05, 0.1) is 11.0 Å². The smallest absolute Gasteiger partial charge is 0.110 e. The van der Waals surface area contributed by atoms with Gasteiger partial charge >= 0.3 is 0 Å². The van der Waals surface area contributed by atoms with E-state index in [1.165, 1.54) is 11.1 Å². The molecule has 0 atom stereocenters. The quantitative estimate of drug-likeness (QED) is 0.879. The number of benzene rings is 1. The fourth-order valence-electron chi connectivity index (χ4n) is 2.27. The Morgan fingerprint density at radius 1 is 1.35 bits per heavy atom. The molecule has 3 nitrogen and oxygen atoms in total. The molecule has 0 aliphatic rings. The van der Waals surface area contributed by atoms with E-state index in [1.54, 1.807) is 0 Å².